The highest BCUT2D eigenvalue weighted by molar-refractivity contribution is 7.45. The zero-order valence-corrected chi connectivity index (χ0v) is 40.6. The summed E-state index contributed by atoms with van der Waals surface area (Å²) in [6.45, 7) is 4.20. The van der Waals surface area contributed by atoms with Crippen LogP contribution in [0.1, 0.15) is 219 Å². The van der Waals surface area contributed by atoms with Crippen molar-refractivity contribution in [2.75, 3.05) is 47.5 Å². The number of phosphoric acid groups is 1. The van der Waals surface area contributed by atoms with Gasteiger partial charge in [-0.3, -0.25) is 14.2 Å². The van der Waals surface area contributed by atoms with E-state index in [2.05, 4.69) is 50.3 Å². The molecule has 352 valence electrons. The van der Waals surface area contributed by atoms with Gasteiger partial charge in [-0.15, -0.1) is 0 Å². The van der Waals surface area contributed by atoms with Gasteiger partial charge in [-0.25, -0.2) is 0 Å². The third kappa shape index (κ3) is 45.7. The van der Waals surface area contributed by atoms with E-state index in [1.807, 2.05) is 21.1 Å². The third-order valence-corrected chi connectivity index (χ3v) is 11.6. The Morgan fingerprint density at radius 3 is 1.37 bits per heavy atom. The Labute approximate surface area is 370 Å². The van der Waals surface area contributed by atoms with Gasteiger partial charge in [-0.2, -0.15) is 0 Å². The molecule has 0 N–H and O–H groups in total. The lowest BCUT2D eigenvalue weighted by molar-refractivity contribution is -0.870. The van der Waals surface area contributed by atoms with E-state index in [1.54, 1.807) is 0 Å². The van der Waals surface area contributed by atoms with Gasteiger partial charge in [0.05, 0.1) is 27.7 Å². The fourth-order valence-corrected chi connectivity index (χ4v) is 7.51. The van der Waals surface area contributed by atoms with Crippen molar-refractivity contribution in [3.05, 3.63) is 36.5 Å². The second-order valence-corrected chi connectivity index (χ2v) is 19.2. The highest BCUT2D eigenvalue weighted by Gasteiger charge is 2.21. The number of ether oxygens (including phenoxy) is 2. The third-order valence-electron chi connectivity index (χ3n) is 10.7. The molecule has 0 aromatic rings. The summed E-state index contributed by atoms with van der Waals surface area (Å²) >= 11 is 0. The summed E-state index contributed by atoms with van der Waals surface area (Å²) in [6.07, 6.45) is 48.8. The molecule has 0 aliphatic heterocycles. The van der Waals surface area contributed by atoms with Gasteiger partial charge in [0.1, 0.15) is 19.8 Å². The molecule has 2 atom stereocenters. The summed E-state index contributed by atoms with van der Waals surface area (Å²) in [6, 6.07) is 0. The van der Waals surface area contributed by atoms with E-state index in [-0.39, 0.29) is 26.1 Å². The summed E-state index contributed by atoms with van der Waals surface area (Å²) in [5.74, 6) is -0.851. The lowest BCUT2D eigenvalue weighted by Gasteiger charge is -2.28. The van der Waals surface area contributed by atoms with Crippen molar-refractivity contribution in [2.45, 2.75) is 225 Å². The number of likely N-dealkylation sites (N-methyl/N-ethyl adjacent to an activating group) is 1. The molecule has 0 heterocycles. The molecule has 9 nitrogen and oxygen atoms in total. The summed E-state index contributed by atoms with van der Waals surface area (Å²) in [7, 11) is 1.16. The van der Waals surface area contributed by atoms with Crippen LogP contribution in [0.2, 0.25) is 0 Å². The molecule has 0 amide bonds. The zero-order chi connectivity index (χ0) is 44.3. The van der Waals surface area contributed by atoms with Gasteiger partial charge in [0.25, 0.3) is 7.82 Å². The fourth-order valence-electron chi connectivity index (χ4n) is 6.78. The summed E-state index contributed by atoms with van der Waals surface area (Å²) in [5, 5.41) is 0. The highest BCUT2D eigenvalue weighted by atomic mass is 31.2. The minimum absolute atomic E-state index is 0.0336. The maximum atomic E-state index is 12.7. The predicted molar refractivity (Wildman–Crippen MR) is 250 cm³/mol. The summed E-state index contributed by atoms with van der Waals surface area (Å²) in [5.41, 5.74) is 0. The van der Waals surface area contributed by atoms with Crippen LogP contribution in [0, 0.1) is 0 Å². The molecular weight excluding hydrogens is 774 g/mol. The molecule has 0 spiro atoms. The van der Waals surface area contributed by atoms with Crippen molar-refractivity contribution >= 4 is 19.8 Å². The number of hydrogen-bond donors (Lipinski definition) is 0. The Hall–Kier alpha value is -1.77. The first kappa shape index (κ1) is 58.2. The van der Waals surface area contributed by atoms with Crippen molar-refractivity contribution in [1.29, 1.82) is 0 Å². The van der Waals surface area contributed by atoms with Crippen molar-refractivity contribution in [1.82, 2.24) is 0 Å². The Morgan fingerprint density at radius 2 is 0.900 bits per heavy atom. The molecule has 60 heavy (non-hydrogen) atoms. The number of esters is 2. The number of unbranched alkanes of at least 4 members (excludes halogenated alkanes) is 25. The predicted octanol–water partition coefficient (Wildman–Crippen LogP) is 13.8. The molecular formula is C50H94NO8P. The molecule has 0 fully saturated rings. The molecule has 0 aliphatic rings. The van der Waals surface area contributed by atoms with E-state index in [4.69, 9.17) is 18.5 Å². The van der Waals surface area contributed by atoms with E-state index < -0.39 is 32.5 Å². The topological polar surface area (TPSA) is 111 Å². The lowest BCUT2D eigenvalue weighted by atomic mass is 10.0. The minimum atomic E-state index is -4.63. The average molecular weight is 868 g/mol. The van der Waals surface area contributed by atoms with Gasteiger partial charge in [0.2, 0.25) is 0 Å². The molecule has 10 heteroatoms. The van der Waals surface area contributed by atoms with Crippen molar-refractivity contribution < 1.29 is 42.1 Å². The number of allylic oxidation sites excluding steroid dienone is 6. The molecule has 1 unspecified atom stereocenters. The van der Waals surface area contributed by atoms with E-state index in [0.717, 1.165) is 51.4 Å². The fraction of sp³-hybridized carbons (Fsp3) is 0.840. The van der Waals surface area contributed by atoms with Crippen LogP contribution in [0.3, 0.4) is 0 Å². The standard InChI is InChI=1S/C50H94NO8P/c1-6-8-10-12-14-16-18-20-22-24-25-27-29-31-33-35-37-39-41-43-50(53)59-48(47-58-60(54,55)57-45-44-51(3,4)5)46-56-49(52)42-40-38-36-34-32-30-28-26-23-21-19-17-15-13-11-9-7-2/h15,17,21,23,28,30,48H,6-14,16,18-20,22,24-27,29,31-47H2,1-5H3/b17-15-,23-21-,30-28-/t48-/m1/s1. The number of phosphoric ester groups is 1. The second kappa shape index (κ2) is 42.5. The zero-order valence-electron chi connectivity index (χ0n) is 39.7. The molecule has 0 aliphatic carbocycles. The van der Waals surface area contributed by atoms with Crippen molar-refractivity contribution in [3.8, 4) is 0 Å². The van der Waals surface area contributed by atoms with Gasteiger partial charge < -0.3 is 27.9 Å². The van der Waals surface area contributed by atoms with E-state index in [1.165, 1.54) is 128 Å². The molecule has 0 saturated heterocycles. The first-order valence-electron chi connectivity index (χ1n) is 24.7. The van der Waals surface area contributed by atoms with Crippen LogP contribution in [0.15, 0.2) is 36.5 Å². The molecule has 0 radical (unpaired) electrons. The van der Waals surface area contributed by atoms with Gasteiger partial charge in [-0.1, -0.05) is 192 Å². The van der Waals surface area contributed by atoms with Crippen LogP contribution >= 0.6 is 7.82 Å². The first-order chi connectivity index (χ1) is 29.0. The molecule has 0 aromatic carbocycles. The number of nitrogens with zero attached hydrogens (tertiary/aromatic N) is 1. The van der Waals surface area contributed by atoms with Crippen LogP contribution in [-0.4, -0.2) is 70.0 Å². The van der Waals surface area contributed by atoms with Gasteiger partial charge >= 0.3 is 11.9 Å². The van der Waals surface area contributed by atoms with Crippen LogP contribution in [0.25, 0.3) is 0 Å². The van der Waals surface area contributed by atoms with E-state index in [0.29, 0.717) is 23.9 Å². The average Bonchev–Trinajstić information content (AvgIpc) is 3.20. The van der Waals surface area contributed by atoms with E-state index in [9.17, 15) is 19.0 Å². The van der Waals surface area contributed by atoms with Crippen LogP contribution in [-0.2, 0) is 32.7 Å². The first-order valence-corrected chi connectivity index (χ1v) is 26.2. The normalized spacial score (nSPS) is 13.8. The summed E-state index contributed by atoms with van der Waals surface area (Å²) < 4.78 is 34.0. The van der Waals surface area contributed by atoms with Crippen LogP contribution in [0.4, 0.5) is 0 Å². The largest absolute Gasteiger partial charge is 0.756 e. The number of carbonyl (C=O) groups is 2. The van der Waals surface area contributed by atoms with Gasteiger partial charge in [0.15, 0.2) is 6.10 Å². The Kier molecular flexibility index (Phi) is 41.3. The number of hydrogen-bond acceptors (Lipinski definition) is 8. The summed E-state index contributed by atoms with van der Waals surface area (Å²) in [4.78, 5) is 37.7. The Bertz CT molecular complexity index is 1120. The monoisotopic (exact) mass is 868 g/mol. The number of carbonyl (C=O) groups excluding carboxylic acids is 2. The Balaban J connectivity index is 4.30. The molecule has 0 aromatic heterocycles. The second-order valence-electron chi connectivity index (χ2n) is 17.8. The van der Waals surface area contributed by atoms with Crippen molar-refractivity contribution in [2.24, 2.45) is 0 Å². The smallest absolute Gasteiger partial charge is 0.306 e. The van der Waals surface area contributed by atoms with Crippen LogP contribution < -0.4 is 4.89 Å². The quantitative estimate of drug-likeness (QED) is 0.0196. The van der Waals surface area contributed by atoms with E-state index >= 15 is 0 Å². The SMILES string of the molecule is CCCCC/C=C\C/C=C\C/C=C\CCCCCCC(=O)OC[C@H](COP(=O)([O-])OCC[N+](C)(C)C)OC(=O)CCCCCCCCCCCCCCCCCCCCC. The molecule has 0 rings (SSSR count). The lowest BCUT2D eigenvalue weighted by Crippen LogP contribution is -2.37. The van der Waals surface area contributed by atoms with Gasteiger partial charge in [0, 0.05) is 12.8 Å². The number of rotatable bonds is 45. The minimum Gasteiger partial charge on any atom is -0.756 e. The highest BCUT2D eigenvalue weighted by Crippen LogP contribution is 2.38. The maximum Gasteiger partial charge on any atom is 0.306 e. The van der Waals surface area contributed by atoms with Crippen LogP contribution in [0.5, 0.6) is 0 Å². The maximum absolute atomic E-state index is 12.7. The van der Waals surface area contributed by atoms with Crippen molar-refractivity contribution in [3.63, 3.8) is 0 Å². The number of quaternary nitrogens is 1. The van der Waals surface area contributed by atoms with Gasteiger partial charge in [-0.05, 0) is 51.4 Å². The molecule has 0 bridgehead atoms. The molecule has 0 saturated carbocycles. The Morgan fingerprint density at radius 1 is 0.517 bits per heavy atom.